The van der Waals surface area contributed by atoms with Crippen LogP contribution in [0.15, 0.2) is 36.4 Å². The Hall–Kier alpha value is -2.75. The van der Waals surface area contributed by atoms with Crippen LogP contribution in [0.5, 0.6) is 0 Å². The molecule has 10 heteroatoms. The van der Waals surface area contributed by atoms with Crippen molar-refractivity contribution in [2.24, 2.45) is 0 Å². The topological polar surface area (TPSA) is 108 Å². The highest BCUT2D eigenvalue weighted by Crippen LogP contribution is 2.30. The third-order valence-electron chi connectivity index (χ3n) is 5.81. The van der Waals surface area contributed by atoms with Gasteiger partial charge in [0.1, 0.15) is 17.7 Å². The molecule has 2 atom stereocenters. The van der Waals surface area contributed by atoms with Crippen molar-refractivity contribution >= 4 is 47.0 Å². The van der Waals surface area contributed by atoms with Gasteiger partial charge in [-0.25, -0.2) is 4.79 Å². The first-order valence-corrected chi connectivity index (χ1v) is 14.6. The molecule has 2 aromatic rings. The largest absolute Gasteiger partial charge is 0.444 e. The van der Waals surface area contributed by atoms with Gasteiger partial charge < -0.3 is 25.4 Å². The Kier molecular flexibility index (Phi) is 12.1. The van der Waals surface area contributed by atoms with E-state index in [1.165, 1.54) is 16.7 Å². The number of anilines is 1. The van der Waals surface area contributed by atoms with Gasteiger partial charge in [0.25, 0.3) is 5.91 Å². The van der Waals surface area contributed by atoms with Crippen molar-refractivity contribution in [1.29, 1.82) is 0 Å². The van der Waals surface area contributed by atoms with Gasteiger partial charge in [0.05, 0.1) is 17.3 Å². The molecule has 2 unspecified atom stereocenters. The lowest BCUT2D eigenvalue weighted by atomic mass is 9.98. The summed E-state index contributed by atoms with van der Waals surface area (Å²) in [6.07, 6.45) is 1.48. The normalized spacial score (nSPS) is 12.8. The van der Waals surface area contributed by atoms with Crippen LogP contribution >= 0.6 is 23.4 Å². The minimum absolute atomic E-state index is 0.128. The van der Waals surface area contributed by atoms with Crippen LogP contribution in [-0.4, -0.2) is 64.7 Å². The third-order valence-corrected chi connectivity index (χ3v) is 6.77. The van der Waals surface area contributed by atoms with Crippen molar-refractivity contribution in [2.75, 3.05) is 30.5 Å². The first kappa shape index (κ1) is 32.5. The Bertz CT molecular complexity index is 1130. The molecule has 0 aromatic heterocycles. The molecule has 214 valence electrons. The van der Waals surface area contributed by atoms with E-state index < -0.39 is 35.6 Å². The summed E-state index contributed by atoms with van der Waals surface area (Å²) in [6, 6.07) is 8.87. The van der Waals surface area contributed by atoms with E-state index in [0.29, 0.717) is 28.4 Å². The van der Waals surface area contributed by atoms with Crippen molar-refractivity contribution in [2.45, 2.75) is 65.6 Å². The predicted molar refractivity (Wildman–Crippen MR) is 158 cm³/mol. The van der Waals surface area contributed by atoms with Crippen LogP contribution < -0.4 is 10.6 Å². The highest BCUT2D eigenvalue weighted by molar-refractivity contribution is 7.98. The summed E-state index contributed by atoms with van der Waals surface area (Å²) in [6.45, 7) is 10.3. The number of carbonyl (C=O) groups excluding carboxylic acids is 3. The van der Waals surface area contributed by atoms with E-state index in [4.69, 9.17) is 16.3 Å². The van der Waals surface area contributed by atoms with Crippen LogP contribution in [0.4, 0.5) is 10.5 Å². The number of para-hydroxylation sites is 1. The zero-order chi connectivity index (χ0) is 29.3. The molecule has 0 saturated carbocycles. The molecule has 0 heterocycles. The molecule has 39 heavy (non-hydrogen) atoms. The fourth-order valence-electron chi connectivity index (χ4n) is 4.24. The van der Waals surface area contributed by atoms with E-state index in [2.05, 4.69) is 10.6 Å². The smallest absolute Gasteiger partial charge is 0.408 e. The second kappa shape index (κ2) is 14.6. The molecule has 3 amide bonds. The quantitative estimate of drug-likeness (QED) is 0.329. The number of thioether (sulfide) groups is 1. The molecular weight excluding hydrogens is 538 g/mol. The third kappa shape index (κ3) is 9.74. The van der Waals surface area contributed by atoms with E-state index in [1.54, 1.807) is 32.9 Å². The Balaban J connectivity index is 2.57. The maximum Gasteiger partial charge on any atom is 0.408 e. The number of rotatable bonds is 11. The molecule has 8 nitrogen and oxygen atoms in total. The maximum atomic E-state index is 14.0. The molecular formula is C29H40ClN3O5S. The molecule has 0 aliphatic rings. The van der Waals surface area contributed by atoms with Gasteiger partial charge >= 0.3 is 6.09 Å². The molecule has 0 radical (unpaired) electrons. The average molecular weight is 578 g/mol. The van der Waals surface area contributed by atoms with Crippen molar-refractivity contribution in [3.63, 3.8) is 0 Å². The monoisotopic (exact) mass is 577 g/mol. The number of alkyl carbamates (subject to hydrolysis) is 1. The first-order valence-electron chi connectivity index (χ1n) is 12.8. The summed E-state index contributed by atoms with van der Waals surface area (Å²) in [4.78, 5) is 42.0. The van der Waals surface area contributed by atoms with Crippen LogP contribution in [0.25, 0.3) is 0 Å². The van der Waals surface area contributed by atoms with Gasteiger partial charge in [0, 0.05) is 6.54 Å². The lowest BCUT2D eigenvalue weighted by Crippen LogP contribution is -2.53. The Morgan fingerprint density at radius 2 is 1.74 bits per heavy atom. The molecule has 2 rings (SSSR count). The van der Waals surface area contributed by atoms with Crippen molar-refractivity contribution in [1.82, 2.24) is 10.2 Å². The number of hydrogen-bond donors (Lipinski definition) is 3. The zero-order valence-corrected chi connectivity index (χ0v) is 25.3. The molecule has 3 N–H and O–H groups in total. The number of amides is 3. The second-order valence-electron chi connectivity index (χ2n) is 10.5. The number of hydrogen-bond acceptors (Lipinski definition) is 6. The number of aliphatic hydroxyl groups is 1. The summed E-state index contributed by atoms with van der Waals surface area (Å²) < 4.78 is 5.40. The first-order chi connectivity index (χ1) is 18.3. The van der Waals surface area contributed by atoms with Crippen molar-refractivity contribution in [3.05, 3.63) is 63.7 Å². The molecule has 2 aromatic carbocycles. The fourth-order valence-corrected chi connectivity index (χ4v) is 4.98. The van der Waals surface area contributed by atoms with E-state index in [0.717, 1.165) is 16.7 Å². The highest BCUT2D eigenvalue weighted by atomic mass is 35.5. The zero-order valence-electron chi connectivity index (χ0n) is 23.8. The van der Waals surface area contributed by atoms with Gasteiger partial charge in [-0.15, -0.1) is 0 Å². The van der Waals surface area contributed by atoms with Gasteiger partial charge in [-0.05, 0) is 77.2 Å². The molecule has 0 bridgehead atoms. The average Bonchev–Trinajstić information content (AvgIpc) is 2.81. The van der Waals surface area contributed by atoms with E-state index in [1.807, 2.05) is 51.3 Å². The number of nitrogens with zero attached hydrogens (tertiary/aromatic N) is 1. The highest BCUT2D eigenvalue weighted by Gasteiger charge is 2.36. The van der Waals surface area contributed by atoms with Gasteiger partial charge in [-0.1, -0.05) is 53.1 Å². The molecule has 0 aliphatic carbocycles. The number of ether oxygens (including phenoxy) is 1. The summed E-state index contributed by atoms with van der Waals surface area (Å²) in [7, 11) is 0. The van der Waals surface area contributed by atoms with Gasteiger partial charge in [0.2, 0.25) is 5.91 Å². The van der Waals surface area contributed by atoms with E-state index >= 15 is 0 Å². The van der Waals surface area contributed by atoms with E-state index in [-0.39, 0.29) is 13.2 Å². The van der Waals surface area contributed by atoms with Gasteiger partial charge in [0.15, 0.2) is 0 Å². The number of nitrogens with one attached hydrogen (secondary N) is 2. The van der Waals surface area contributed by atoms with Gasteiger partial charge in [-0.2, -0.15) is 11.8 Å². The second-order valence-corrected chi connectivity index (χ2v) is 11.9. The minimum Gasteiger partial charge on any atom is -0.444 e. The predicted octanol–water partition coefficient (Wildman–Crippen LogP) is 5.41. The standard InChI is InChI=1S/C29H40ClN3O5S/c1-18-15-19(2)17-21(16-18)25(26(35)32-24-20(3)9-8-10-22(24)30)33(12-13-34)27(36)23(11-14-39-7)31-28(37)38-29(4,5)6/h8-10,15-17,23,25,34H,11-14H2,1-7H3,(H,31,37)(H,32,35). The van der Waals surface area contributed by atoms with Crippen molar-refractivity contribution in [3.8, 4) is 0 Å². The number of benzene rings is 2. The SMILES string of the molecule is CSCCC(NC(=O)OC(C)(C)C)C(=O)N(CCO)C(C(=O)Nc1c(C)cccc1Cl)c1cc(C)cc(C)c1. The number of aliphatic hydroxyl groups excluding tert-OH is 1. The minimum atomic E-state index is -1.10. The molecule has 0 aliphatic heterocycles. The molecule has 0 spiro atoms. The summed E-state index contributed by atoms with van der Waals surface area (Å²) in [5.74, 6) is -0.406. The Labute approximate surface area is 240 Å². The lowest BCUT2D eigenvalue weighted by Gasteiger charge is -2.34. The number of aryl methyl sites for hydroxylation is 3. The lowest BCUT2D eigenvalue weighted by molar-refractivity contribution is -0.141. The summed E-state index contributed by atoms with van der Waals surface area (Å²) >= 11 is 7.92. The number of halogens is 1. The van der Waals surface area contributed by atoms with Crippen LogP contribution in [0, 0.1) is 20.8 Å². The Morgan fingerprint density at radius 1 is 1.10 bits per heavy atom. The van der Waals surface area contributed by atoms with Crippen molar-refractivity contribution < 1.29 is 24.2 Å². The van der Waals surface area contributed by atoms with Crippen LogP contribution in [-0.2, 0) is 14.3 Å². The Morgan fingerprint density at radius 3 is 2.28 bits per heavy atom. The molecule has 0 fully saturated rings. The summed E-state index contributed by atoms with van der Waals surface area (Å²) in [5, 5.41) is 15.9. The maximum absolute atomic E-state index is 14.0. The molecule has 0 saturated heterocycles. The van der Waals surface area contributed by atoms with Gasteiger partial charge in [-0.3, -0.25) is 9.59 Å². The van der Waals surface area contributed by atoms with E-state index in [9.17, 15) is 19.5 Å². The van der Waals surface area contributed by atoms with Crippen LogP contribution in [0.3, 0.4) is 0 Å². The van der Waals surface area contributed by atoms with Crippen LogP contribution in [0.1, 0.15) is 55.5 Å². The summed E-state index contributed by atoms with van der Waals surface area (Å²) in [5.41, 5.74) is 2.87. The fraction of sp³-hybridized carbons (Fsp3) is 0.483. The number of carbonyl (C=O) groups is 3. The van der Waals surface area contributed by atoms with Crippen LogP contribution in [0.2, 0.25) is 5.02 Å².